The molecule has 1 N–H and O–H groups in total. The summed E-state index contributed by atoms with van der Waals surface area (Å²) in [6.07, 6.45) is 0. The highest BCUT2D eigenvalue weighted by molar-refractivity contribution is 6.33. The van der Waals surface area contributed by atoms with Gasteiger partial charge in [0.25, 0.3) is 0 Å². The van der Waals surface area contributed by atoms with E-state index in [-0.39, 0.29) is 5.82 Å². The molecule has 1 nitrogen and oxygen atoms in total. The van der Waals surface area contributed by atoms with Gasteiger partial charge in [-0.1, -0.05) is 35.9 Å². The van der Waals surface area contributed by atoms with Crippen molar-refractivity contribution < 1.29 is 4.39 Å². The van der Waals surface area contributed by atoms with E-state index in [1.165, 1.54) is 17.7 Å². The van der Waals surface area contributed by atoms with Crippen LogP contribution in [0.4, 0.5) is 4.39 Å². The molecule has 0 saturated heterocycles. The molecule has 0 unspecified atom stereocenters. The van der Waals surface area contributed by atoms with Crippen LogP contribution in [0.5, 0.6) is 0 Å². The maximum Gasteiger partial charge on any atom is 0.124 e. The lowest BCUT2D eigenvalue weighted by Crippen LogP contribution is -2.04. The summed E-state index contributed by atoms with van der Waals surface area (Å²) in [6, 6.07) is 12.5. The van der Waals surface area contributed by atoms with Crippen LogP contribution >= 0.6 is 11.6 Å². The van der Waals surface area contributed by atoms with E-state index in [1.54, 1.807) is 6.07 Å². The number of halogens is 2. The van der Waals surface area contributed by atoms with E-state index in [4.69, 9.17) is 11.6 Å². The van der Waals surface area contributed by atoms with Crippen LogP contribution < -0.4 is 5.32 Å². The minimum Gasteiger partial charge on any atom is -0.316 e. The van der Waals surface area contributed by atoms with Crippen molar-refractivity contribution in [2.75, 3.05) is 7.05 Å². The first-order chi connectivity index (χ1) is 8.20. The fourth-order valence-electron chi connectivity index (χ4n) is 1.73. The molecular formula is C14H13ClFN. The van der Waals surface area contributed by atoms with E-state index >= 15 is 0 Å². The van der Waals surface area contributed by atoms with E-state index in [9.17, 15) is 4.39 Å². The first-order valence-electron chi connectivity index (χ1n) is 5.39. The van der Waals surface area contributed by atoms with Crippen molar-refractivity contribution in [2.45, 2.75) is 6.54 Å². The molecule has 88 valence electrons. The summed E-state index contributed by atoms with van der Waals surface area (Å²) >= 11 is 6.01. The first kappa shape index (κ1) is 12.1. The third kappa shape index (κ3) is 2.84. The van der Waals surface area contributed by atoms with Gasteiger partial charge < -0.3 is 5.32 Å². The molecule has 0 saturated carbocycles. The average Bonchev–Trinajstić information content (AvgIpc) is 2.31. The normalized spacial score (nSPS) is 10.5. The average molecular weight is 250 g/mol. The Morgan fingerprint density at radius 1 is 1.12 bits per heavy atom. The molecule has 0 fully saturated rings. The van der Waals surface area contributed by atoms with Crippen LogP contribution in [-0.4, -0.2) is 7.05 Å². The maximum absolute atomic E-state index is 12.9. The lowest BCUT2D eigenvalue weighted by Gasteiger charge is -2.06. The van der Waals surface area contributed by atoms with E-state index in [0.29, 0.717) is 5.02 Å². The SMILES string of the molecule is CNCc1ccc(-c2ccc(F)cc2Cl)cc1. The van der Waals surface area contributed by atoms with Gasteiger partial charge >= 0.3 is 0 Å². The fourth-order valence-corrected chi connectivity index (χ4v) is 2.01. The molecule has 2 aromatic carbocycles. The summed E-state index contributed by atoms with van der Waals surface area (Å²) in [6.45, 7) is 0.831. The van der Waals surface area contributed by atoms with Gasteiger partial charge in [0.2, 0.25) is 0 Å². The van der Waals surface area contributed by atoms with Crippen LogP contribution in [0.25, 0.3) is 11.1 Å². The zero-order valence-corrected chi connectivity index (χ0v) is 10.3. The monoisotopic (exact) mass is 249 g/mol. The summed E-state index contributed by atoms with van der Waals surface area (Å²) in [5.74, 6) is -0.314. The van der Waals surface area contributed by atoms with Crippen LogP contribution in [0, 0.1) is 5.82 Å². The lowest BCUT2D eigenvalue weighted by molar-refractivity contribution is 0.628. The van der Waals surface area contributed by atoms with Gasteiger partial charge in [0.05, 0.1) is 5.02 Å². The van der Waals surface area contributed by atoms with Crippen molar-refractivity contribution >= 4 is 11.6 Å². The van der Waals surface area contributed by atoms with Crippen molar-refractivity contribution in [3.8, 4) is 11.1 Å². The molecule has 0 aliphatic carbocycles. The van der Waals surface area contributed by atoms with Crippen LogP contribution in [0.15, 0.2) is 42.5 Å². The standard InChI is InChI=1S/C14H13ClFN/c1-17-9-10-2-4-11(5-3-10)13-7-6-12(16)8-14(13)15/h2-8,17H,9H2,1H3. The van der Waals surface area contributed by atoms with E-state index < -0.39 is 0 Å². The molecular weight excluding hydrogens is 237 g/mol. The molecule has 0 aromatic heterocycles. The van der Waals surface area contributed by atoms with Gasteiger partial charge in [-0.05, 0) is 36.4 Å². The third-order valence-electron chi connectivity index (χ3n) is 2.58. The number of nitrogens with one attached hydrogen (secondary N) is 1. The Labute approximate surface area is 105 Å². The van der Waals surface area contributed by atoms with Gasteiger partial charge in [-0.3, -0.25) is 0 Å². The quantitative estimate of drug-likeness (QED) is 0.871. The Morgan fingerprint density at radius 2 is 1.82 bits per heavy atom. The zero-order chi connectivity index (χ0) is 12.3. The minimum absolute atomic E-state index is 0.314. The van der Waals surface area contributed by atoms with Crippen molar-refractivity contribution in [3.63, 3.8) is 0 Å². The summed E-state index contributed by atoms with van der Waals surface area (Å²) in [7, 11) is 1.91. The molecule has 0 amide bonds. The highest BCUT2D eigenvalue weighted by Gasteiger charge is 2.04. The molecule has 3 heteroatoms. The number of hydrogen-bond donors (Lipinski definition) is 1. The van der Waals surface area contributed by atoms with E-state index in [0.717, 1.165) is 17.7 Å². The molecule has 0 bridgehead atoms. The van der Waals surface area contributed by atoms with Gasteiger partial charge in [0.15, 0.2) is 0 Å². The lowest BCUT2D eigenvalue weighted by atomic mass is 10.0. The van der Waals surface area contributed by atoms with Crippen molar-refractivity contribution in [2.24, 2.45) is 0 Å². The molecule has 0 aliphatic heterocycles. The van der Waals surface area contributed by atoms with Crippen LogP contribution in [-0.2, 0) is 6.54 Å². The molecule has 0 heterocycles. The summed E-state index contributed by atoms with van der Waals surface area (Å²) in [5, 5.41) is 3.52. The van der Waals surface area contributed by atoms with E-state index in [1.807, 2.05) is 31.3 Å². The Bertz CT molecular complexity index is 508. The van der Waals surface area contributed by atoms with Crippen molar-refractivity contribution in [1.82, 2.24) is 5.32 Å². The van der Waals surface area contributed by atoms with E-state index in [2.05, 4.69) is 5.32 Å². The van der Waals surface area contributed by atoms with Crippen LogP contribution in [0.3, 0.4) is 0 Å². The Kier molecular flexibility index (Phi) is 3.77. The predicted molar refractivity (Wildman–Crippen MR) is 69.6 cm³/mol. The topological polar surface area (TPSA) is 12.0 Å². The smallest absolute Gasteiger partial charge is 0.124 e. The largest absolute Gasteiger partial charge is 0.316 e. The van der Waals surface area contributed by atoms with Gasteiger partial charge in [0, 0.05) is 12.1 Å². The number of hydrogen-bond acceptors (Lipinski definition) is 1. The highest BCUT2D eigenvalue weighted by Crippen LogP contribution is 2.28. The third-order valence-corrected chi connectivity index (χ3v) is 2.89. The molecule has 17 heavy (non-hydrogen) atoms. The summed E-state index contributed by atoms with van der Waals surface area (Å²) in [5.41, 5.74) is 3.05. The summed E-state index contributed by atoms with van der Waals surface area (Å²) in [4.78, 5) is 0. The van der Waals surface area contributed by atoms with Crippen molar-refractivity contribution in [3.05, 3.63) is 58.9 Å². The molecule has 2 aromatic rings. The Balaban J connectivity index is 2.33. The van der Waals surface area contributed by atoms with Gasteiger partial charge in [0.1, 0.15) is 5.82 Å². The number of rotatable bonds is 3. The van der Waals surface area contributed by atoms with Crippen LogP contribution in [0.2, 0.25) is 5.02 Å². The predicted octanol–water partition coefficient (Wildman–Crippen LogP) is 3.87. The second-order valence-electron chi connectivity index (χ2n) is 3.85. The number of benzene rings is 2. The Morgan fingerprint density at radius 3 is 2.41 bits per heavy atom. The Hall–Kier alpha value is -1.38. The van der Waals surface area contributed by atoms with Crippen LogP contribution in [0.1, 0.15) is 5.56 Å². The van der Waals surface area contributed by atoms with Gasteiger partial charge in [-0.15, -0.1) is 0 Å². The molecule has 2 rings (SSSR count). The highest BCUT2D eigenvalue weighted by atomic mass is 35.5. The second-order valence-corrected chi connectivity index (χ2v) is 4.26. The molecule has 0 aliphatic rings. The molecule has 0 spiro atoms. The zero-order valence-electron chi connectivity index (χ0n) is 9.50. The van der Waals surface area contributed by atoms with Gasteiger partial charge in [-0.25, -0.2) is 4.39 Å². The fraction of sp³-hybridized carbons (Fsp3) is 0.143. The molecule has 0 radical (unpaired) electrons. The van der Waals surface area contributed by atoms with Crippen molar-refractivity contribution in [1.29, 1.82) is 0 Å². The van der Waals surface area contributed by atoms with Gasteiger partial charge in [-0.2, -0.15) is 0 Å². The second kappa shape index (κ2) is 5.30. The maximum atomic E-state index is 12.9. The minimum atomic E-state index is -0.314. The molecule has 0 atom stereocenters. The summed E-state index contributed by atoms with van der Waals surface area (Å²) < 4.78 is 12.9. The first-order valence-corrected chi connectivity index (χ1v) is 5.77.